The van der Waals surface area contributed by atoms with Crippen LogP contribution in [0.3, 0.4) is 0 Å². The number of pyridine rings is 1. The van der Waals surface area contributed by atoms with Gasteiger partial charge in [-0.2, -0.15) is 4.98 Å². The number of nitrogens with zero attached hydrogens (tertiary/aromatic N) is 6. The van der Waals surface area contributed by atoms with Crippen LogP contribution in [0.25, 0.3) is 11.0 Å². The number of ether oxygens (including phenoxy) is 1. The number of fused-ring (bicyclic) bond motifs is 1. The Balaban J connectivity index is 1.39. The Kier molecular flexibility index (Phi) is 7.09. The van der Waals surface area contributed by atoms with Crippen molar-refractivity contribution in [3.63, 3.8) is 0 Å². The van der Waals surface area contributed by atoms with Gasteiger partial charge in [-0.25, -0.2) is 18.4 Å². The minimum absolute atomic E-state index is 0.335. The van der Waals surface area contributed by atoms with Crippen molar-refractivity contribution in [2.75, 3.05) is 54.6 Å². The van der Waals surface area contributed by atoms with E-state index in [1.165, 1.54) is 23.2 Å². The zero-order chi connectivity index (χ0) is 26.9. The maximum atomic E-state index is 12.2. The van der Waals surface area contributed by atoms with Crippen LogP contribution in [-0.2, 0) is 16.6 Å². The maximum absolute atomic E-state index is 12.2. The Hall–Kier alpha value is -3.90. The Labute approximate surface area is 222 Å². The minimum Gasteiger partial charge on any atom is -0.495 e. The number of hydrogen-bond donors (Lipinski definition) is 2. The summed E-state index contributed by atoms with van der Waals surface area (Å²) < 4.78 is 32.9. The molecule has 0 bridgehead atoms. The highest BCUT2D eigenvalue weighted by atomic mass is 32.2. The van der Waals surface area contributed by atoms with Crippen LogP contribution in [0.15, 0.2) is 55.0 Å². The summed E-state index contributed by atoms with van der Waals surface area (Å²) in [6.07, 6.45) is 6.32. The summed E-state index contributed by atoms with van der Waals surface area (Å²) in [7, 11) is -0.460. The highest BCUT2D eigenvalue weighted by Gasteiger charge is 2.20. The number of nitrogens with one attached hydrogen (secondary N) is 2. The van der Waals surface area contributed by atoms with E-state index >= 15 is 0 Å². The lowest BCUT2D eigenvalue weighted by molar-refractivity contribution is 0.412. The molecule has 4 heterocycles. The first-order valence-electron chi connectivity index (χ1n) is 12.4. The summed E-state index contributed by atoms with van der Waals surface area (Å²) in [5.74, 6) is 1.34. The number of methoxy groups -OCH3 is 1. The van der Waals surface area contributed by atoms with Crippen molar-refractivity contribution in [2.24, 2.45) is 0 Å². The van der Waals surface area contributed by atoms with Gasteiger partial charge in [0.2, 0.25) is 16.0 Å². The van der Waals surface area contributed by atoms with Gasteiger partial charge >= 0.3 is 0 Å². The van der Waals surface area contributed by atoms with Gasteiger partial charge in [0.05, 0.1) is 26.1 Å². The summed E-state index contributed by atoms with van der Waals surface area (Å²) in [5, 5.41) is 7.63. The fraction of sp³-hybridized carbons (Fsp3) is 0.346. The van der Waals surface area contributed by atoms with Crippen LogP contribution in [0.5, 0.6) is 5.75 Å². The monoisotopic (exact) mass is 536 g/mol. The largest absolute Gasteiger partial charge is 0.495 e. The lowest BCUT2D eigenvalue weighted by atomic mass is 10.2. The van der Waals surface area contributed by atoms with Gasteiger partial charge < -0.3 is 24.8 Å². The number of benzene rings is 1. The number of piperazine rings is 1. The van der Waals surface area contributed by atoms with Gasteiger partial charge in [-0.05, 0) is 43.3 Å². The Morgan fingerprint density at radius 3 is 2.68 bits per heavy atom. The van der Waals surface area contributed by atoms with Crippen LogP contribution in [0.4, 0.5) is 23.1 Å². The first-order chi connectivity index (χ1) is 18.2. The van der Waals surface area contributed by atoms with E-state index in [0.717, 1.165) is 37.0 Å². The van der Waals surface area contributed by atoms with Crippen molar-refractivity contribution in [1.82, 2.24) is 24.8 Å². The summed E-state index contributed by atoms with van der Waals surface area (Å²) >= 11 is 0. The second-order valence-electron chi connectivity index (χ2n) is 9.48. The zero-order valence-corrected chi connectivity index (χ0v) is 22.7. The molecule has 11 nitrogen and oxygen atoms in total. The summed E-state index contributed by atoms with van der Waals surface area (Å²) in [5.41, 5.74) is 3.48. The second-order valence-corrected chi connectivity index (χ2v) is 11.5. The van der Waals surface area contributed by atoms with Crippen LogP contribution < -0.4 is 24.6 Å². The highest BCUT2D eigenvalue weighted by molar-refractivity contribution is 7.92. The van der Waals surface area contributed by atoms with Crippen LogP contribution in [-0.4, -0.2) is 74.0 Å². The fourth-order valence-electron chi connectivity index (χ4n) is 4.54. The van der Waals surface area contributed by atoms with Crippen molar-refractivity contribution in [2.45, 2.75) is 19.5 Å². The number of hydrogen-bond acceptors (Lipinski definition) is 9. The van der Waals surface area contributed by atoms with E-state index in [-0.39, 0.29) is 0 Å². The van der Waals surface area contributed by atoms with Crippen LogP contribution in [0, 0.1) is 0 Å². The number of anilines is 4. The van der Waals surface area contributed by atoms with Gasteiger partial charge in [-0.3, -0.25) is 4.31 Å². The molecular weight excluding hydrogens is 504 g/mol. The third-order valence-electron chi connectivity index (χ3n) is 6.65. The maximum Gasteiger partial charge on any atom is 0.233 e. The SMILES string of the molecule is COc1cnc(N(C)S(C)(=O)=O)c(Cn2ccc3cnc(Nc4ccc(N5CCNC(C)C5)cc4)nc32)c1. The molecule has 5 rings (SSSR count). The molecule has 1 aliphatic heterocycles. The lowest BCUT2D eigenvalue weighted by Gasteiger charge is -2.33. The van der Waals surface area contributed by atoms with Gasteiger partial charge in [0, 0.05) is 67.4 Å². The van der Waals surface area contributed by atoms with E-state index < -0.39 is 10.0 Å². The molecule has 200 valence electrons. The Morgan fingerprint density at radius 2 is 1.97 bits per heavy atom. The molecule has 1 fully saturated rings. The van der Waals surface area contributed by atoms with E-state index in [9.17, 15) is 8.42 Å². The van der Waals surface area contributed by atoms with Gasteiger partial charge in [0.15, 0.2) is 0 Å². The molecule has 1 saturated heterocycles. The standard InChI is InChI=1S/C26H32N8O3S/c1-18-16-33(12-10-27-18)22-7-5-21(6-8-22)30-26-29-14-19-9-11-34(25(19)31-26)17-20-13-23(37-3)15-28-24(20)32(2)38(4,35)36/h5-9,11,13-15,18,27H,10,12,16-17H2,1-4H3,(H,29,30,31). The molecule has 1 aliphatic rings. The third-order valence-corrected chi connectivity index (χ3v) is 7.82. The van der Waals surface area contributed by atoms with Crippen molar-refractivity contribution in [3.05, 3.63) is 60.6 Å². The quantitative estimate of drug-likeness (QED) is 0.350. The molecule has 0 amide bonds. The average molecular weight is 537 g/mol. The van der Waals surface area contributed by atoms with Gasteiger partial charge in [-0.15, -0.1) is 0 Å². The molecule has 1 aromatic carbocycles. The predicted octanol–water partition coefficient (Wildman–Crippen LogP) is 2.82. The van der Waals surface area contributed by atoms with Gasteiger partial charge in [0.1, 0.15) is 17.2 Å². The Bertz CT molecular complexity index is 1540. The van der Waals surface area contributed by atoms with E-state index in [1.54, 1.807) is 19.4 Å². The zero-order valence-electron chi connectivity index (χ0n) is 21.9. The summed E-state index contributed by atoms with van der Waals surface area (Å²) in [4.78, 5) is 16.0. The molecule has 1 atom stereocenters. The van der Waals surface area contributed by atoms with Crippen LogP contribution in [0.2, 0.25) is 0 Å². The number of aromatic nitrogens is 4. The Morgan fingerprint density at radius 1 is 1.18 bits per heavy atom. The number of sulfonamides is 1. The fourth-order valence-corrected chi connectivity index (χ4v) is 5.02. The molecule has 12 heteroatoms. The summed E-state index contributed by atoms with van der Waals surface area (Å²) in [6.45, 7) is 5.48. The molecule has 4 aromatic rings. The molecule has 0 aliphatic carbocycles. The van der Waals surface area contributed by atoms with Crippen molar-refractivity contribution >= 4 is 44.2 Å². The first-order valence-corrected chi connectivity index (χ1v) is 14.2. The van der Waals surface area contributed by atoms with E-state index in [1.807, 2.05) is 29.0 Å². The molecule has 0 radical (unpaired) electrons. The average Bonchev–Trinajstić information content (AvgIpc) is 3.30. The predicted molar refractivity (Wildman–Crippen MR) is 150 cm³/mol. The second kappa shape index (κ2) is 10.5. The van der Waals surface area contributed by atoms with Crippen LogP contribution >= 0.6 is 0 Å². The topological polar surface area (TPSA) is 118 Å². The molecule has 0 spiro atoms. The van der Waals surface area contributed by atoms with Crippen molar-refractivity contribution in [3.8, 4) is 5.75 Å². The van der Waals surface area contributed by atoms with E-state index in [2.05, 4.69) is 44.6 Å². The normalized spacial score (nSPS) is 16.0. The third kappa shape index (κ3) is 5.50. The summed E-state index contributed by atoms with van der Waals surface area (Å²) in [6, 6.07) is 12.5. The molecule has 38 heavy (non-hydrogen) atoms. The molecule has 3 aromatic heterocycles. The minimum atomic E-state index is -3.49. The van der Waals surface area contributed by atoms with Crippen molar-refractivity contribution < 1.29 is 13.2 Å². The smallest absolute Gasteiger partial charge is 0.233 e. The molecular formula is C26H32N8O3S. The van der Waals surface area contributed by atoms with Gasteiger partial charge in [0.25, 0.3) is 0 Å². The number of rotatable bonds is 8. The molecule has 1 unspecified atom stereocenters. The molecule has 0 saturated carbocycles. The van der Waals surface area contributed by atoms with Crippen LogP contribution in [0.1, 0.15) is 12.5 Å². The first kappa shape index (κ1) is 25.7. The van der Waals surface area contributed by atoms with Crippen molar-refractivity contribution in [1.29, 1.82) is 0 Å². The highest BCUT2D eigenvalue weighted by Crippen LogP contribution is 2.27. The molecule has 2 N–H and O–H groups in total. The lowest BCUT2D eigenvalue weighted by Crippen LogP contribution is -2.49. The van der Waals surface area contributed by atoms with E-state index in [4.69, 9.17) is 9.72 Å². The van der Waals surface area contributed by atoms with E-state index in [0.29, 0.717) is 41.3 Å². The van der Waals surface area contributed by atoms with Gasteiger partial charge in [-0.1, -0.05) is 0 Å².